The lowest BCUT2D eigenvalue weighted by molar-refractivity contribution is 0.133. The smallest absolute Gasteiger partial charge is 0.118 e. The van der Waals surface area contributed by atoms with Crippen molar-refractivity contribution in [1.29, 1.82) is 0 Å². The summed E-state index contributed by atoms with van der Waals surface area (Å²) in [5.74, 6) is 1.42. The number of aliphatic hydroxyl groups excluding tert-OH is 1. The highest BCUT2D eigenvalue weighted by Crippen LogP contribution is 2.31. The normalized spacial score (nSPS) is 23.2. The Morgan fingerprint density at radius 2 is 1.54 bits per heavy atom. The first-order chi connectivity index (χ1) is 12.3. The lowest BCUT2D eigenvalue weighted by Crippen LogP contribution is -2.47. The van der Waals surface area contributed by atoms with Gasteiger partial charge in [0.25, 0.3) is 0 Å². The van der Waals surface area contributed by atoms with Gasteiger partial charge in [-0.15, -0.1) is 0 Å². The average molecular weight is 354 g/mol. The third kappa shape index (κ3) is 4.87. The molecule has 0 spiro atoms. The van der Waals surface area contributed by atoms with Gasteiger partial charge < -0.3 is 15.2 Å². The van der Waals surface area contributed by atoms with Gasteiger partial charge in [-0.1, -0.05) is 36.4 Å². The van der Waals surface area contributed by atoms with E-state index in [1.54, 1.807) is 7.11 Å². The van der Waals surface area contributed by atoms with E-state index in [-0.39, 0.29) is 17.7 Å². The standard InChI is InChI=1S/C23H31NO2/c1-23(2,3)24-21-14-17(15-22(21)25)13-16-5-7-18(8-6-16)19-9-11-20(26-4)12-10-19/h5-12,17,21-22,24-25H,13-15H2,1-4H3/t17-,21+,22+/m0/s1. The van der Waals surface area contributed by atoms with Crippen molar-refractivity contribution in [2.45, 2.75) is 57.7 Å². The molecule has 3 heteroatoms. The number of rotatable bonds is 5. The van der Waals surface area contributed by atoms with E-state index in [2.05, 4.69) is 62.5 Å². The second-order valence-corrected chi connectivity index (χ2v) is 8.54. The molecular formula is C23H31NO2. The molecule has 1 aliphatic rings. The largest absolute Gasteiger partial charge is 0.497 e. The maximum atomic E-state index is 10.4. The molecule has 1 saturated carbocycles. The third-order valence-electron chi connectivity index (χ3n) is 5.15. The van der Waals surface area contributed by atoms with E-state index >= 15 is 0 Å². The van der Waals surface area contributed by atoms with E-state index in [4.69, 9.17) is 4.74 Å². The molecule has 0 aromatic heterocycles. The Hall–Kier alpha value is -1.84. The van der Waals surface area contributed by atoms with Gasteiger partial charge in [0.15, 0.2) is 0 Å². The van der Waals surface area contributed by atoms with Gasteiger partial charge in [-0.3, -0.25) is 0 Å². The van der Waals surface area contributed by atoms with E-state index in [0.717, 1.165) is 25.0 Å². The molecule has 1 aliphatic carbocycles. The number of aliphatic hydroxyl groups is 1. The number of ether oxygens (including phenoxy) is 1. The predicted octanol–water partition coefficient (Wildman–Crippen LogP) is 4.43. The van der Waals surface area contributed by atoms with Crippen molar-refractivity contribution < 1.29 is 9.84 Å². The molecule has 2 aromatic carbocycles. The van der Waals surface area contributed by atoms with Crippen LogP contribution >= 0.6 is 0 Å². The van der Waals surface area contributed by atoms with Crippen molar-refractivity contribution in [1.82, 2.24) is 5.32 Å². The van der Waals surface area contributed by atoms with Gasteiger partial charge in [0, 0.05) is 11.6 Å². The molecule has 0 bridgehead atoms. The quantitative estimate of drug-likeness (QED) is 0.835. The van der Waals surface area contributed by atoms with Crippen LogP contribution < -0.4 is 10.1 Å². The van der Waals surface area contributed by atoms with E-state index in [9.17, 15) is 5.11 Å². The second-order valence-electron chi connectivity index (χ2n) is 8.54. The Balaban J connectivity index is 1.61. The molecule has 0 heterocycles. The minimum absolute atomic E-state index is 0.0422. The molecule has 0 radical (unpaired) electrons. The SMILES string of the molecule is COc1ccc(-c2ccc(C[C@@H]3C[C@@H](O)[C@H](NC(C)(C)C)C3)cc2)cc1. The zero-order chi connectivity index (χ0) is 18.7. The van der Waals surface area contributed by atoms with Crippen LogP contribution in [0, 0.1) is 5.92 Å². The van der Waals surface area contributed by atoms with Crippen molar-refractivity contribution in [2.24, 2.45) is 5.92 Å². The topological polar surface area (TPSA) is 41.5 Å². The van der Waals surface area contributed by atoms with Crippen molar-refractivity contribution in [3.05, 3.63) is 54.1 Å². The molecule has 2 N–H and O–H groups in total. The van der Waals surface area contributed by atoms with Crippen LogP contribution in [-0.4, -0.2) is 29.9 Å². The minimum atomic E-state index is -0.238. The van der Waals surface area contributed by atoms with Crippen LogP contribution in [0.4, 0.5) is 0 Å². The molecule has 0 unspecified atom stereocenters. The lowest BCUT2D eigenvalue weighted by Gasteiger charge is -2.27. The highest BCUT2D eigenvalue weighted by atomic mass is 16.5. The van der Waals surface area contributed by atoms with Gasteiger partial charge >= 0.3 is 0 Å². The fraction of sp³-hybridized carbons (Fsp3) is 0.478. The molecule has 0 aliphatic heterocycles. The number of hydrogen-bond acceptors (Lipinski definition) is 3. The highest BCUT2D eigenvalue weighted by Gasteiger charge is 2.34. The zero-order valence-corrected chi connectivity index (χ0v) is 16.3. The molecule has 26 heavy (non-hydrogen) atoms. The van der Waals surface area contributed by atoms with Crippen LogP contribution in [0.2, 0.25) is 0 Å². The molecule has 0 saturated heterocycles. The van der Waals surface area contributed by atoms with Gasteiger partial charge in [0.2, 0.25) is 0 Å². The van der Waals surface area contributed by atoms with Gasteiger partial charge in [-0.05, 0) is 74.8 Å². The zero-order valence-electron chi connectivity index (χ0n) is 16.3. The van der Waals surface area contributed by atoms with Gasteiger partial charge in [0.05, 0.1) is 13.2 Å². The summed E-state index contributed by atoms with van der Waals surface area (Å²) in [6, 6.07) is 17.2. The molecule has 2 aromatic rings. The third-order valence-corrected chi connectivity index (χ3v) is 5.15. The maximum absolute atomic E-state index is 10.4. The van der Waals surface area contributed by atoms with Crippen LogP contribution in [0.1, 0.15) is 39.2 Å². The van der Waals surface area contributed by atoms with E-state index in [1.807, 2.05) is 12.1 Å². The summed E-state index contributed by atoms with van der Waals surface area (Å²) in [4.78, 5) is 0. The molecule has 1 fully saturated rings. The summed E-state index contributed by atoms with van der Waals surface area (Å²) in [7, 11) is 1.69. The fourth-order valence-corrected chi connectivity index (χ4v) is 3.95. The monoisotopic (exact) mass is 353 g/mol. The second kappa shape index (κ2) is 7.81. The Bertz CT molecular complexity index is 700. The van der Waals surface area contributed by atoms with Crippen LogP contribution in [0.3, 0.4) is 0 Å². The Kier molecular flexibility index (Phi) is 5.69. The van der Waals surface area contributed by atoms with Gasteiger partial charge in [0.1, 0.15) is 5.75 Å². The summed E-state index contributed by atoms with van der Waals surface area (Å²) in [5, 5.41) is 13.9. The van der Waals surface area contributed by atoms with Crippen LogP contribution in [0.25, 0.3) is 11.1 Å². The average Bonchev–Trinajstić information content (AvgIpc) is 2.93. The van der Waals surface area contributed by atoms with Gasteiger partial charge in [-0.25, -0.2) is 0 Å². The summed E-state index contributed by atoms with van der Waals surface area (Å²) in [6.45, 7) is 6.47. The Morgan fingerprint density at radius 1 is 0.962 bits per heavy atom. The number of nitrogens with one attached hydrogen (secondary N) is 1. The maximum Gasteiger partial charge on any atom is 0.118 e. The first-order valence-electron chi connectivity index (χ1n) is 9.53. The molecule has 140 valence electrons. The van der Waals surface area contributed by atoms with Crippen LogP contribution in [0.5, 0.6) is 5.75 Å². The van der Waals surface area contributed by atoms with Crippen LogP contribution in [-0.2, 0) is 6.42 Å². The summed E-state index contributed by atoms with van der Waals surface area (Å²) >= 11 is 0. The molecule has 3 rings (SSSR count). The molecule has 3 atom stereocenters. The molecular weight excluding hydrogens is 322 g/mol. The predicted molar refractivity (Wildman–Crippen MR) is 108 cm³/mol. The summed E-state index contributed by atoms with van der Waals surface area (Å²) in [6.07, 6.45) is 2.72. The Morgan fingerprint density at radius 3 is 2.08 bits per heavy atom. The highest BCUT2D eigenvalue weighted by molar-refractivity contribution is 5.64. The summed E-state index contributed by atoms with van der Waals surface area (Å²) < 4.78 is 5.22. The van der Waals surface area contributed by atoms with Crippen LogP contribution in [0.15, 0.2) is 48.5 Å². The van der Waals surface area contributed by atoms with Crippen molar-refractivity contribution >= 4 is 0 Å². The minimum Gasteiger partial charge on any atom is -0.497 e. The van der Waals surface area contributed by atoms with Crippen molar-refractivity contribution in [3.8, 4) is 16.9 Å². The first kappa shape index (κ1) is 18.9. The van der Waals surface area contributed by atoms with E-state index < -0.39 is 0 Å². The molecule has 3 nitrogen and oxygen atoms in total. The first-order valence-corrected chi connectivity index (χ1v) is 9.53. The van der Waals surface area contributed by atoms with Gasteiger partial charge in [-0.2, -0.15) is 0 Å². The number of methoxy groups -OCH3 is 1. The number of benzene rings is 2. The molecule has 0 amide bonds. The van der Waals surface area contributed by atoms with E-state index in [0.29, 0.717) is 5.92 Å². The Labute approximate surface area is 157 Å². The fourth-order valence-electron chi connectivity index (χ4n) is 3.95. The number of hydrogen-bond donors (Lipinski definition) is 2. The van der Waals surface area contributed by atoms with Crippen molar-refractivity contribution in [2.75, 3.05) is 7.11 Å². The lowest BCUT2D eigenvalue weighted by atomic mass is 9.95. The van der Waals surface area contributed by atoms with E-state index in [1.165, 1.54) is 16.7 Å². The van der Waals surface area contributed by atoms with Crippen molar-refractivity contribution in [3.63, 3.8) is 0 Å². The summed E-state index contributed by atoms with van der Waals surface area (Å²) in [5.41, 5.74) is 3.80.